The fourth-order valence-corrected chi connectivity index (χ4v) is 2.47. The van der Waals surface area contributed by atoms with Gasteiger partial charge in [-0.1, -0.05) is 6.07 Å². The van der Waals surface area contributed by atoms with Crippen molar-refractivity contribution in [2.75, 3.05) is 13.3 Å². The lowest BCUT2D eigenvalue weighted by molar-refractivity contribution is -0.149. The predicted molar refractivity (Wildman–Crippen MR) is 69.8 cm³/mol. The Balaban J connectivity index is 1.45. The molecule has 0 radical (unpaired) electrons. The number of carboxylic acids is 1. The van der Waals surface area contributed by atoms with Gasteiger partial charge in [-0.3, -0.25) is 0 Å². The number of aliphatic carboxylic acids is 1. The molecule has 0 bridgehead atoms. The Hall–Kier alpha value is -1.79. The largest absolute Gasteiger partial charge is 0.479 e. The molecule has 2 atom stereocenters. The van der Waals surface area contributed by atoms with Crippen molar-refractivity contribution >= 4 is 5.97 Å². The van der Waals surface area contributed by atoms with Crippen molar-refractivity contribution in [3.05, 3.63) is 23.8 Å². The van der Waals surface area contributed by atoms with Crippen LogP contribution in [0.4, 0.5) is 0 Å². The first-order valence-corrected chi connectivity index (χ1v) is 6.70. The summed E-state index contributed by atoms with van der Waals surface area (Å²) in [6, 6.07) is 5.83. The van der Waals surface area contributed by atoms with Gasteiger partial charge in [-0.2, -0.15) is 0 Å². The second kappa shape index (κ2) is 5.68. The summed E-state index contributed by atoms with van der Waals surface area (Å²) in [5.41, 5.74) is 1.10. The van der Waals surface area contributed by atoms with Crippen LogP contribution in [0.5, 0.6) is 11.5 Å². The molecule has 2 aliphatic rings. The van der Waals surface area contributed by atoms with Crippen molar-refractivity contribution in [2.24, 2.45) is 0 Å². The summed E-state index contributed by atoms with van der Waals surface area (Å²) in [6.07, 6.45) is 0.703. The highest BCUT2D eigenvalue weighted by Gasteiger charge is 2.29. The van der Waals surface area contributed by atoms with Crippen molar-refractivity contribution in [1.29, 1.82) is 0 Å². The number of ether oxygens (including phenoxy) is 3. The molecule has 20 heavy (non-hydrogen) atoms. The SMILES string of the molecule is O=C(O)C1CCC(CNCc2ccc3c(c2)OCO3)O1. The first-order chi connectivity index (χ1) is 9.72. The number of rotatable bonds is 5. The minimum atomic E-state index is -0.872. The summed E-state index contributed by atoms with van der Waals surface area (Å²) in [5, 5.41) is 12.1. The summed E-state index contributed by atoms with van der Waals surface area (Å²) in [5.74, 6) is 0.674. The predicted octanol–water partition coefficient (Wildman–Crippen LogP) is 1.14. The Morgan fingerprint density at radius 2 is 2.15 bits per heavy atom. The Kier molecular flexibility index (Phi) is 3.75. The summed E-state index contributed by atoms with van der Waals surface area (Å²) >= 11 is 0. The van der Waals surface area contributed by atoms with Crippen molar-refractivity contribution in [2.45, 2.75) is 31.6 Å². The third kappa shape index (κ3) is 2.86. The minimum absolute atomic E-state index is 0.0230. The fourth-order valence-electron chi connectivity index (χ4n) is 2.47. The Labute approximate surface area is 116 Å². The average molecular weight is 279 g/mol. The van der Waals surface area contributed by atoms with Gasteiger partial charge in [-0.25, -0.2) is 4.79 Å². The molecule has 2 aliphatic heterocycles. The van der Waals surface area contributed by atoms with Crippen LogP contribution in [0.25, 0.3) is 0 Å². The average Bonchev–Trinajstić information content (AvgIpc) is 3.06. The molecule has 2 N–H and O–H groups in total. The highest BCUT2D eigenvalue weighted by molar-refractivity contribution is 5.72. The van der Waals surface area contributed by atoms with E-state index in [0.29, 0.717) is 19.5 Å². The number of carboxylic acid groups (broad SMARTS) is 1. The molecule has 2 heterocycles. The number of fused-ring (bicyclic) bond motifs is 1. The molecule has 1 aromatic carbocycles. The molecule has 6 heteroatoms. The summed E-state index contributed by atoms with van der Waals surface area (Å²) in [7, 11) is 0. The smallest absolute Gasteiger partial charge is 0.332 e. The lowest BCUT2D eigenvalue weighted by atomic mass is 10.2. The topological polar surface area (TPSA) is 77.0 Å². The summed E-state index contributed by atoms with van der Waals surface area (Å²) in [6.45, 7) is 1.62. The molecule has 6 nitrogen and oxygen atoms in total. The van der Waals surface area contributed by atoms with Gasteiger partial charge in [-0.15, -0.1) is 0 Å². The van der Waals surface area contributed by atoms with Crippen LogP contribution in [0, 0.1) is 0 Å². The molecule has 1 aromatic rings. The molecular weight excluding hydrogens is 262 g/mol. The molecule has 0 aliphatic carbocycles. The lowest BCUT2D eigenvalue weighted by Crippen LogP contribution is -2.28. The van der Waals surface area contributed by atoms with Gasteiger partial charge in [0.25, 0.3) is 0 Å². The van der Waals surface area contributed by atoms with Gasteiger partial charge >= 0.3 is 5.97 Å². The Morgan fingerprint density at radius 1 is 1.30 bits per heavy atom. The van der Waals surface area contributed by atoms with Crippen LogP contribution in [0.15, 0.2) is 18.2 Å². The van der Waals surface area contributed by atoms with Gasteiger partial charge < -0.3 is 24.6 Å². The zero-order chi connectivity index (χ0) is 13.9. The van der Waals surface area contributed by atoms with E-state index in [9.17, 15) is 4.79 Å². The third-order valence-electron chi connectivity index (χ3n) is 3.52. The highest BCUT2D eigenvalue weighted by Crippen LogP contribution is 2.32. The van der Waals surface area contributed by atoms with E-state index < -0.39 is 12.1 Å². The summed E-state index contributed by atoms with van der Waals surface area (Å²) in [4.78, 5) is 10.8. The van der Waals surface area contributed by atoms with Crippen LogP contribution >= 0.6 is 0 Å². The van der Waals surface area contributed by atoms with Gasteiger partial charge in [0.05, 0.1) is 6.10 Å². The second-order valence-electron chi connectivity index (χ2n) is 4.98. The molecular formula is C14H17NO5. The van der Waals surface area contributed by atoms with Gasteiger partial charge in [-0.05, 0) is 30.5 Å². The van der Waals surface area contributed by atoms with Crippen molar-refractivity contribution in [1.82, 2.24) is 5.32 Å². The van der Waals surface area contributed by atoms with Crippen LogP contribution in [-0.4, -0.2) is 36.6 Å². The molecule has 1 saturated heterocycles. The first kappa shape index (κ1) is 13.2. The Bertz CT molecular complexity index is 504. The van der Waals surface area contributed by atoms with Gasteiger partial charge in [0, 0.05) is 13.1 Å². The van der Waals surface area contributed by atoms with Crippen LogP contribution in [0.3, 0.4) is 0 Å². The zero-order valence-electron chi connectivity index (χ0n) is 11.0. The van der Waals surface area contributed by atoms with E-state index in [1.807, 2.05) is 18.2 Å². The van der Waals surface area contributed by atoms with Crippen LogP contribution < -0.4 is 14.8 Å². The minimum Gasteiger partial charge on any atom is -0.479 e. The van der Waals surface area contributed by atoms with Gasteiger partial charge in [0.15, 0.2) is 17.6 Å². The molecule has 0 aromatic heterocycles. The zero-order valence-corrected chi connectivity index (χ0v) is 11.0. The first-order valence-electron chi connectivity index (χ1n) is 6.70. The molecule has 1 fully saturated rings. The van der Waals surface area contributed by atoms with Crippen molar-refractivity contribution in [3.8, 4) is 11.5 Å². The standard InChI is InChI=1S/C14H17NO5/c16-14(17)12-4-2-10(20-12)7-15-6-9-1-3-11-13(5-9)19-8-18-11/h1,3,5,10,12,15H,2,4,6-8H2,(H,16,17). The van der Waals surface area contributed by atoms with E-state index >= 15 is 0 Å². The number of hydrogen-bond acceptors (Lipinski definition) is 5. The molecule has 3 rings (SSSR count). The van der Waals surface area contributed by atoms with E-state index in [1.165, 1.54) is 0 Å². The second-order valence-corrected chi connectivity index (χ2v) is 4.98. The molecule has 0 amide bonds. The number of carbonyl (C=O) groups is 1. The normalized spacial score (nSPS) is 24.0. The van der Waals surface area contributed by atoms with E-state index in [4.69, 9.17) is 19.3 Å². The maximum absolute atomic E-state index is 10.8. The van der Waals surface area contributed by atoms with Gasteiger partial charge in [0.2, 0.25) is 6.79 Å². The number of hydrogen-bond donors (Lipinski definition) is 2. The molecule has 0 saturated carbocycles. The van der Waals surface area contributed by atoms with E-state index in [0.717, 1.165) is 23.5 Å². The van der Waals surface area contributed by atoms with Crippen molar-refractivity contribution < 1.29 is 24.1 Å². The monoisotopic (exact) mass is 279 g/mol. The molecule has 0 spiro atoms. The highest BCUT2D eigenvalue weighted by atomic mass is 16.7. The quantitative estimate of drug-likeness (QED) is 0.841. The van der Waals surface area contributed by atoms with E-state index in [1.54, 1.807) is 0 Å². The van der Waals surface area contributed by atoms with Crippen LogP contribution in [0.2, 0.25) is 0 Å². The molecule has 108 valence electrons. The van der Waals surface area contributed by atoms with E-state index in [2.05, 4.69) is 5.32 Å². The fraction of sp³-hybridized carbons (Fsp3) is 0.500. The lowest BCUT2D eigenvalue weighted by Gasteiger charge is -2.12. The molecule has 2 unspecified atom stereocenters. The maximum Gasteiger partial charge on any atom is 0.332 e. The van der Waals surface area contributed by atoms with E-state index in [-0.39, 0.29) is 12.9 Å². The van der Waals surface area contributed by atoms with Crippen molar-refractivity contribution in [3.63, 3.8) is 0 Å². The van der Waals surface area contributed by atoms with Gasteiger partial charge in [0.1, 0.15) is 0 Å². The number of nitrogens with one attached hydrogen (secondary N) is 1. The van der Waals surface area contributed by atoms with Crippen LogP contribution in [-0.2, 0) is 16.1 Å². The maximum atomic E-state index is 10.8. The summed E-state index contributed by atoms with van der Waals surface area (Å²) < 4.78 is 16.0. The Morgan fingerprint density at radius 3 is 2.95 bits per heavy atom. The number of benzene rings is 1. The third-order valence-corrected chi connectivity index (χ3v) is 3.52. The van der Waals surface area contributed by atoms with Crippen LogP contribution in [0.1, 0.15) is 18.4 Å².